The highest BCUT2D eigenvalue weighted by Crippen LogP contribution is 2.29. The van der Waals surface area contributed by atoms with Gasteiger partial charge in [-0.15, -0.1) is 11.3 Å². The molecule has 1 aromatic carbocycles. The van der Waals surface area contributed by atoms with Crippen LogP contribution in [0.1, 0.15) is 38.3 Å². The molecule has 0 spiro atoms. The lowest BCUT2D eigenvalue weighted by Gasteiger charge is -2.18. The molecule has 1 aliphatic heterocycles. The van der Waals surface area contributed by atoms with Crippen LogP contribution in [-0.2, 0) is 9.59 Å². The molecule has 2 heterocycles. The van der Waals surface area contributed by atoms with Gasteiger partial charge in [-0.3, -0.25) is 14.5 Å². The van der Waals surface area contributed by atoms with Crippen molar-refractivity contribution in [3.63, 3.8) is 0 Å². The Morgan fingerprint density at radius 2 is 1.81 bits per heavy atom. The lowest BCUT2D eigenvalue weighted by Crippen LogP contribution is -2.30. The van der Waals surface area contributed by atoms with Gasteiger partial charge >= 0.3 is 0 Å². The van der Waals surface area contributed by atoms with E-state index >= 15 is 0 Å². The standard InChI is InChI=1S/C20H23N3O2S/c1-16(24)23(18-9-5-4-6-10-18)20-21-17(15-26-20)11-12-19(25)22-13-7-2-3-8-14-22/h4-6,9-12,15H,2-3,7-8,13-14H2,1H3. The second-order valence-corrected chi connectivity index (χ2v) is 7.15. The molecule has 2 aromatic rings. The number of thiazole rings is 1. The van der Waals surface area contributed by atoms with Crippen LogP contribution in [0.5, 0.6) is 0 Å². The second kappa shape index (κ2) is 8.76. The Bertz CT molecular complexity index is 777. The van der Waals surface area contributed by atoms with Gasteiger partial charge in [0.1, 0.15) is 0 Å². The monoisotopic (exact) mass is 369 g/mol. The summed E-state index contributed by atoms with van der Waals surface area (Å²) in [7, 11) is 0. The Hall–Kier alpha value is -2.47. The van der Waals surface area contributed by atoms with Gasteiger partial charge in [-0.1, -0.05) is 31.0 Å². The van der Waals surface area contributed by atoms with Crippen molar-refractivity contribution in [1.29, 1.82) is 0 Å². The van der Waals surface area contributed by atoms with Gasteiger partial charge in [0.25, 0.3) is 0 Å². The zero-order chi connectivity index (χ0) is 18.4. The quantitative estimate of drug-likeness (QED) is 0.757. The number of nitrogens with zero attached hydrogens (tertiary/aromatic N) is 3. The van der Waals surface area contributed by atoms with Gasteiger partial charge in [0.2, 0.25) is 11.8 Å². The van der Waals surface area contributed by atoms with Gasteiger partial charge in [-0.05, 0) is 31.1 Å². The van der Waals surface area contributed by atoms with Crippen molar-refractivity contribution in [3.8, 4) is 0 Å². The van der Waals surface area contributed by atoms with Crippen LogP contribution in [0.2, 0.25) is 0 Å². The van der Waals surface area contributed by atoms with E-state index < -0.39 is 0 Å². The minimum absolute atomic E-state index is 0.0351. The number of carbonyl (C=O) groups is 2. The van der Waals surface area contributed by atoms with Crippen molar-refractivity contribution in [2.24, 2.45) is 0 Å². The van der Waals surface area contributed by atoms with E-state index in [1.54, 1.807) is 17.1 Å². The van der Waals surface area contributed by atoms with E-state index in [4.69, 9.17) is 0 Å². The Morgan fingerprint density at radius 1 is 1.12 bits per heavy atom. The molecule has 0 aliphatic carbocycles. The van der Waals surface area contributed by atoms with E-state index in [9.17, 15) is 9.59 Å². The van der Waals surface area contributed by atoms with Crippen LogP contribution >= 0.6 is 11.3 Å². The molecule has 1 fully saturated rings. The zero-order valence-electron chi connectivity index (χ0n) is 14.9. The molecule has 0 unspecified atom stereocenters. The number of para-hydroxylation sites is 1. The highest BCUT2D eigenvalue weighted by molar-refractivity contribution is 7.14. The number of anilines is 2. The number of carbonyl (C=O) groups excluding carboxylic acids is 2. The van der Waals surface area contributed by atoms with E-state index in [2.05, 4.69) is 4.98 Å². The van der Waals surface area contributed by atoms with Crippen LogP contribution in [0.3, 0.4) is 0 Å². The van der Waals surface area contributed by atoms with Crippen molar-refractivity contribution < 1.29 is 9.59 Å². The van der Waals surface area contributed by atoms with Crippen LogP contribution in [0, 0.1) is 0 Å². The summed E-state index contributed by atoms with van der Waals surface area (Å²) < 4.78 is 0. The molecule has 2 amide bonds. The number of rotatable bonds is 4. The largest absolute Gasteiger partial charge is 0.339 e. The van der Waals surface area contributed by atoms with Crippen molar-refractivity contribution in [2.45, 2.75) is 32.6 Å². The lowest BCUT2D eigenvalue weighted by molar-refractivity contribution is -0.125. The third-order valence-corrected chi connectivity index (χ3v) is 5.19. The Balaban J connectivity index is 1.72. The van der Waals surface area contributed by atoms with E-state index in [0.29, 0.717) is 10.8 Å². The maximum atomic E-state index is 12.3. The molecule has 0 radical (unpaired) electrons. The normalized spacial score (nSPS) is 15.0. The SMILES string of the molecule is CC(=O)N(c1ccccc1)c1nc(C=CC(=O)N2CCCCCC2)cs1. The van der Waals surface area contributed by atoms with E-state index in [0.717, 1.165) is 31.6 Å². The minimum Gasteiger partial charge on any atom is -0.339 e. The number of aromatic nitrogens is 1. The predicted molar refractivity (Wildman–Crippen MR) is 105 cm³/mol. The van der Waals surface area contributed by atoms with E-state index in [-0.39, 0.29) is 11.8 Å². The molecule has 1 aliphatic rings. The predicted octanol–water partition coefficient (Wildman–Crippen LogP) is 4.24. The lowest BCUT2D eigenvalue weighted by atomic mass is 10.2. The summed E-state index contributed by atoms with van der Waals surface area (Å²) in [6, 6.07) is 9.44. The summed E-state index contributed by atoms with van der Waals surface area (Å²) in [6.07, 6.45) is 7.87. The molecular formula is C20H23N3O2S. The molecule has 0 bridgehead atoms. The topological polar surface area (TPSA) is 53.5 Å². The molecule has 0 atom stereocenters. The number of amides is 2. The first kappa shape index (κ1) is 18.3. The van der Waals surface area contributed by atoms with Gasteiger partial charge in [-0.2, -0.15) is 0 Å². The maximum Gasteiger partial charge on any atom is 0.246 e. The van der Waals surface area contributed by atoms with Gasteiger partial charge in [0.15, 0.2) is 5.13 Å². The highest BCUT2D eigenvalue weighted by Gasteiger charge is 2.17. The molecule has 1 saturated heterocycles. The number of benzene rings is 1. The Morgan fingerprint density at radius 3 is 2.46 bits per heavy atom. The van der Waals surface area contributed by atoms with Crippen LogP contribution in [0.25, 0.3) is 6.08 Å². The first-order valence-electron chi connectivity index (χ1n) is 8.93. The average molecular weight is 369 g/mol. The summed E-state index contributed by atoms with van der Waals surface area (Å²) >= 11 is 1.39. The van der Waals surface area contributed by atoms with Gasteiger partial charge in [-0.25, -0.2) is 4.98 Å². The molecule has 3 rings (SSSR count). The van der Waals surface area contributed by atoms with Crippen LogP contribution < -0.4 is 4.90 Å². The van der Waals surface area contributed by atoms with Gasteiger partial charge < -0.3 is 4.90 Å². The number of hydrogen-bond acceptors (Lipinski definition) is 4. The first-order chi connectivity index (χ1) is 12.6. The highest BCUT2D eigenvalue weighted by atomic mass is 32.1. The van der Waals surface area contributed by atoms with Crippen LogP contribution in [-0.4, -0.2) is 34.8 Å². The minimum atomic E-state index is -0.0956. The van der Waals surface area contributed by atoms with Gasteiger partial charge in [0.05, 0.1) is 11.4 Å². The van der Waals surface area contributed by atoms with Crippen molar-refractivity contribution in [1.82, 2.24) is 9.88 Å². The third-order valence-electron chi connectivity index (χ3n) is 4.34. The molecule has 136 valence electrons. The van der Waals surface area contributed by atoms with Crippen LogP contribution in [0.15, 0.2) is 41.8 Å². The molecule has 6 heteroatoms. The fourth-order valence-electron chi connectivity index (χ4n) is 3.01. The molecule has 1 aromatic heterocycles. The smallest absolute Gasteiger partial charge is 0.246 e. The van der Waals surface area contributed by atoms with Crippen molar-refractivity contribution in [2.75, 3.05) is 18.0 Å². The third kappa shape index (κ3) is 4.58. The Labute approximate surface area is 158 Å². The van der Waals surface area contributed by atoms with E-state index in [1.165, 1.54) is 31.1 Å². The fraction of sp³-hybridized carbons (Fsp3) is 0.350. The van der Waals surface area contributed by atoms with Crippen LogP contribution in [0.4, 0.5) is 10.8 Å². The Kier molecular flexibility index (Phi) is 6.17. The maximum absolute atomic E-state index is 12.3. The summed E-state index contributed by atoms with van der Waals surface area (Å²) in [6.45, 7) is 3.18. The number of hydrogen-bond donors (Lipinski definition) is 0. The molecule has 26 heavy (non-hydrogen) atoms. The summed E-state index contributed by atoms with van der Waals surface area (Å²) in [5, 5.41) is 2.46. The first-order valence-corrected chi connectivity index (χ1v) is 9.81. The van der Waals surface area contributed by atoms with E-state index in [1.807, 2.05) is 40.6 Å². The summed E-state index contributed by atoms with van der Waals surface area (Å²) in [5.74, 6) is -0.0605. The molecule has 0 N–H and O–H groups in total. The fourth-order valence-corrected chi connectivity index (χ4v) is 3.87. The number of likely N-dealkylation sites (tertiary alicyclic amines) is 1. The molecule has 0 saturated carbocycles. The second-order valence-electron chi connectivity index (χ2n) is 6.32. The zero-order valence-corrected chi connectivity index (χ0v) is 15.7. The average Bonchev–Trinajstić information content (AvgIpc) is 2.92. The molecular weight excluding hydrogens is 346 g/mol. The molecule has 5 nitrogen and oxygen atoms in total. The van der Waals surface area contributed by atoms with Gasteiger partial charge in [0, 0.05) is 31.5 Å². The van der Waals surface area contributed by atoms with Crippen molar-refractivity contribution >= 4 is 40.0 Å². The summed E-state index contributed by atoms with van der Waals surface area (Å²) in [4.78, 5) is 32.4. The summed E-state index contributed by atoms with van der Waals surface area (Å²) in [5.41, 5.74) is 1.47. The van der Waals surface area contributed by atoms with Crippen molar-refractivity contribution in [3.05, 3.63) is 47.5 Å².